The van der Waals surface area contributed by atoms with E-state index in [0.29, 0.717) is 69.9 Å². The van der Waals surface area contributed by atoms with Crippen molar-refractivity contribution in [2.24, 2.45) is 7.05 Å². The zero-order valence-electron chi connectivity index (χ0n) is 19.2. The summed E-state index contributed by atoms with van der Waals surface area (Å²) in [6.07, 6.45) is 1.41. The molecule has 0 aliphatic rings. The molecule has 2 aromatic carbocycles. The molecule has 0 bridgehead atoms. The third-order valence-corrected chi connectivity index (χ3v) is 5.95. The van der Waals surface area contributed by atoms with Crippen molar-refractivity contribution < 1.29 is 9.72 Å². The molecule has 2 aromatic heterocycles. The number of imidazole rings is 1. The van der Waals surface area contributed by atoms with Crippen LogP contribution in [0, 0.1) is 21.4 Å². The molecular weight excluding hydrogens is 505 g/mol. The number of nitriles is 1. The van der Waals surface area contributed by atoms with Crippen LogP contribution in [0.1, 0.15) is 15.9 Å². The molecule has 0 saturated carbocycles. The number of nitrogens with zero attached hydrogens (tertiary/aromatic N) is 5. The predicted octanol–water partition coefficient (Wildman–Crippen LogP) is 4.88. The SMILES string of the molecule is Cn1cc([N+](=O)[O-])cc1-c1nc2ccc(C(=O)Nc3ccc(N(CCCl)CCCl)c(C#N)c3)cc2[nH]1. The summed E-state index contributed by atoms with van der Waals surface area (Å²) in [6.45, 7) is 1.08. The number of fused-ring (bicyclic) bond motifs is 1. The molecule has 184 valence electrons. The summed E-state index contributed by atoms with van der Waals surface area (Å²) in [7, 11) is 1.69. The molecule has 0 fully saturated rings. The second-order valence-electron chi connectivity index (χ2n) is 7.93. The number of alkyl halides is 2. The fourth-order valence-electron chi connectivity index (χ4n) is 3.89. The third-order valence-electron chi connectivity index (χ3n) is 5.61. The van der Waals surface area contributed by atoms with Gasteiger partial charge in [-0.15, -0.1) is 23.2 Å². The molecule has 4 rings (SSSR count). The monoisotopic (exact) mass is 525 g/mol. The smallest absolute Gasteiger partial charge is 0.287 e. The van der Waals surface area contributed by atoms with Gasteiger partial charge in [0, 0.05) is 49.2 Å². The second-order valence-corrected chi connectivity index (χ2v) is 8.69. The van der Waals surface area contributed by atoms with E-state index in [1.54, 1.807) is 48.0 Å². The Kier molecular flexibility index (Phi) is 7.43. The highest BCUT2D eigenvalue weighted by Gasteiger charge is 2.17. The molecule has 10 nitrogen and oxygen atoms in total. The molecule has 36 heavy (non-hydrogen) atoms. The number of halogens is 2. The molecule has 12 heteroatoms. The van der Waals surface area contributed by atoms with Crippen molar-refractivity contribution >= 4 is 57.2 Å². The molecule has 2 N–H and O–H groups in total. The fraction of sp³-hybridized carbons (Fsp3) is 0.208. The van der Waals surface area contributed by atoms with Crippen LogP contribution in [0.25, 0.3) is 22.6 Å². The van der Waals surface area contributed by atoms with Crippen LogP contribution in [0.4, 0.5) is 17.1 Å². The van der Waals surface area contributed by atoms with Crippen LogP contribution in [0.5, 0.6) is 0 Å². The number of carbonyl (C=O) groups excluding carboxylic acids is 1. The van der Waals surface area contributed by atoms with Gasteiger partial charge in [-0.1, -0.05) is 0 Å². The Morgan fingerprint density at radius 3 is 2.61 bits per heavy atom. The van der Waals surface area contributed by atoms with Crippen molar-refractivity contribution in [3.63, 3.8) is 0 Å². The summed E-state index contributed by atoms with van der Waals surface area (Å²) in [6, 6.07) is 13.7. The minimum Gasteiger partial charge on any atom is -0.368 e. The highest BCUT2D eigenvalue weighted by molar-refractivity contribution is 6.18. The number of nitro groups is 1. The van der Waals surface area contributed by atoms with Gasteiger partial charge >= 0.3 is 0 Å². The van der Waals surface area contributed by atoms with Gasteiger partial charge in [0.1, 0.15) is 6.07 Å². The molecule has 0 saturated heterocycles. The maximum Gasteiger partial charge on any atom is 0.287 e. The lowest BCUT2D eigenvalue weighted by Crippen LogP contribution is -2.28. The Morgan fingerprint density at radius 2 is 1.97 bits per heavy atom. The van der Waals surface area contributed by atoms with Gasteiger partial charge in [-0.2, -0.15) is 5.26 Å². The van der Waals surface area contributed by atoms with Crippen LogP contribution in [-0.4, -0.2) is 50.2 Å². The Morgan fingerprint density at radius 1 is 1.22 bits per heavy atom. The topological polar surface area (TPSA) is 133 Å². The largest absolute Gasteiger partial charge is 0.368 e. The van der Waals surface area contributed by atoms with Crippen LogP contribution < -0.4 is 10.2 Å². The highest BCUT2D eigenvalue weighted by Crippen LogP contribution is 2.27. The van der Waals surface area contributed by atoms with Gasteiger partial charge in [0.2, 0.25) is 0 Å². The first-order valence-electron chi connectivity index (χ1n) is 10.9. The van der Waals surface area contributed by atoms with Crippen molar-refractivity contribution in [3.8, 4) is 17.6 Å². The number of rotatable bonds is 9. The van der Waals surface area contributed by atoms with Crippen molar-refractivity contribution in [2.45, 2.75) is 0 Å². The molecule has 1 amide bonds. The van der Waals surface area contributed by atoms with E-state index >= 15 is 0 Å². The lowest BCUT2D eigenvalue weighted by Gasteiger charge is -2.24. The molecule has 0 spiro atoms. The number of amides is 1. The average Bonchev–Trinajstić information content (AvgIpc) is 3.46. The Hall–Kier alpha value is -4.07. The summed E-state index contributed by atoms with van der Waals surface area (Å²) in [5, 5.41) is 23.5. The first kappa shape index (κ1) is 25.0. The summed E-state index contributed by atoms with van der Waals surface area (Å²) in [5.74, 6) is 0.862. The van der Waals surface area contributed by atoms with E-state index in [9.17, 15) is 20.2 Å². The number of hydrogen-bond acceptors (Lipinski definition) is 6. The van der Waals surface area contributed by atoms with Gasteiger partial charge in [-0.05, 0) is 36.4 Å². The number of nitrogens with one attached hydrogen (secondary N) is 2. The maximum absolute atomic E-state index is 12.9. The minimum absolute atomic E-state index is 0.0378. The van der Waals surface area contributed by atoms with E-state index in [1.165, 1.54) is 12.3 Å². The number of anilines is 2. The van der Waals surface area contributed by atoms with Crippen LogP contribution in [0.3, 0.4) is 0 Å². The normalized spacial score (nSPS) is 10.8. The van der Waals surface area contributed by atoms with E-state index in [2.05, 4.69) is 21.4 Å². The lowest BCUT2D eigenvalue weighted by atomic mass is 10.1. The van der Waals surface area contributed by atoms with Crippen LogP contribution in [-0.2, 0) is 7.05 Å². The molecule has 4 aromatic rings. The van der Waals surface area contributed by atoms with E-state index in [0.717, 1.165) is 0 Å². The van der Waals surface area contributed by atoms with Gasteiger partial charge in [0.15, 0.2) is 5.82 Å². The molecule has 0 radical (unpaired) electrons. The molecule has 0 aliphatic heterocycles. The Balaban J connectivity index is 1.57. The molecule has 2 heterocycles. The maximum atomic E-state index is 12.9. The third kappa shape index (κ3) is 5.12. The average molecular weight is 526 g/mol. The van der Waals surface area contributed by atoms with Crippen molar-refractivity contribution in [3.05, 3.63) is 69.9 Å². The summed E-state index contributed by atoms with van der Waals surface area (Å²) in [5.41, 5.74) is 3.67. The lowest BCUT2D eigenvalue weighted by molar-refractivity contribution is -0.384. The number of carbonyl (C=O) groups is 1. The number of benzene rings is 2. The summed E-state index contributed by atoms with van der Waals surface area (Å²) in [4.78, 5) is 33.1. The number of aryl methyl sites for hydroxylation is 1. The van der Waals surface area contributed by atoms with E-state index in [4.69, 9.17) is 23.2 Å². The highest BCUT2D eigenvalue weighted by atomic mass is 35.5. The van der Waals surface area contributed by atoms with Crippen molar-refractivity contribution in [1.82, 2.24) is 14.5 Å². The zero-order valence-corrected chi connectivity index (χ0v) is 20.7. The van der Waals surface area contributed by atoms with E-state index in [-0.39, 0.29) is 11.6 Å². The Labute approximate surface area is 216 Å². The van der Waals surface area contributed by atoms with Crippen molar-refractivity contribution in [2.75, 3.05) is 35.1 Å². The molecule has 0 unspecified atom stereocenters. The summed E-state index contributed by atoms with van der Waals surface area (Å²) >= 11 is 11.8. The van der Waals surface area contributed by atoms with Gasteiger partial charge in [-0.3, -0.25) is 14.9 Å². The molecule has 0 aliphatic carbocycles. The zero-order chi connectivity index (χ0) is 25.8. The Bertz CT molecular complexity index is 1480. The molecular formula is C24H21Cl2N7O3. The standard InChI is InChI=1S/C24H21Cl2N7O3/c1-31-14-18(33(35)36)12-22(31)23-29-19-4-2-15(11-20(19)30-23)24(34)28-17-3-5-21(16(10-17)13-27)32(8-6-25)9-7-26/h2-5,10-12,14H,6-9H2,1H3,(H,28,34)(H,29,30). The van der Waals surface area contributed by atoms with Crippen molar-refractivity contribution in [1.29, 1.82) is 5.26 Å². The van der Waals surface area contributed by atoms with Crippen LogP contribution in [0.15, 0.2) is 48.7 Å². The number of H-pyrrole nitrogens is 1. The van der Waals surface area contributed by atoms with Gasteiger partial charge in [0.05, 0.1) is 39.1 Å². The van der Waals surface area contributed by atoms with E-state index in [1.807, 2.05) is 4.90 Å². The van der Waals surface area contributed by atoms with Gasteiger partial charge < -0.3 is 19.8 Å². The van der Waals surface area contributed by atoms with Crippen LogP contribution in [0.2, 0.25) is 0 Å². The fourth-order valence-corrected chi connectivity index (χ4v) is 4.30. The van der Waals surface area contributed by atoms with Gasteiger partial charge in [-0.25, -0.2) is 4.98 Å². The predicted molar refractivity (Wildman–Crippen MR) is 140 cm³/mol. The first-order valence-corrected chi connectivity index (χ1v) is 11.9. The van der Waals surface area contributed by atoms with Gasteiger partial charge in [0.25, 0.3) is 11.6 Å². The summed E-state index contributed by atoms with van der Waals surface area (Å²) < 4.78 is 1.61. The number of aromatic nitrogens is 3. The molecule has 0 atom stereocenters. The first-order chi connectivity index (χ1) is 17.3. The van der Waals surface area contributed by atoms with Crippen LogP contribution >= 0.6 is 23.2 Å². The minimum atomic E-state index is -0.466. The second kappa shape index (κ2) is 10.7. The quantitative estimate of drug-likeness (QED) is 0.181. The number of aromatic amines is 1. The van der Waals surface area contributed by atoms with E-state index < -0.39 is 4.92 Å². The number of hydrogen-bond donors (Lipinski definition) is 2.